The van der Waals surface area contributed by atoms with Crippen molar-refractivity contribution in [2.45, 2.75) is 0 Å². The maximum absolute atomic E-state index is 5.38. The molecule has 20 heavy (non-hydrogen) atoms. The Morgan fingerprint density at radius 3 is 2.65 bits per heavy atom. The van der Waals surface area contributed by atoms with Gasteiger partial charge in [-0.25, -0.2) is 15.5 Å². The molecule has 106 valence electrons. The Hall–Kier alpha value is -2.30. The van der Waals surface area contributed by atoms with Crippen molar-refractivity contribution < 1.29 is 4.74 Å². The van der Waals surface area contributed by atoms with Gasteiger partial charge in [0.15, 0.2) is 0 Å². The summed E-state index contributed by atoms with van der Waals surface area (Å²) in [5, 5.41) is 6.06. The molecule has 3 rings (SSSR count). The summed E-state index contributed by atoms with van der Waals surface area (Å²) in [5.74, 6) is 6.43. The van der Waals surface area contributed by atoms with Gasteiger partial charge in [0, 0.05) is 25.5 Å². The lowest BCUT2D eigenvalue weighted by molar-refractivity contribution is 0.0492. The Balaban J connectivity index is 1.84. The van der Waals surface area contributed by atoms with Crippen LogP contribution in [0.15, 0.2) is 18.5 Å². The van der Waals surface area contributed by atoms with Crippen LogP contribution in [0.4, 0.5) is 11.9 Å². The van der Waals surface area contributed by atoms with E-state index in [4.69, 9.17) is 10.6 Å². The number of aromatic nitrogens is 5. The van der Waals surface area contributed by atoms with Crippen molar-refractivity contribution in [1.82, 2.24) is 29.7 Å². The minimum absolute atomic E-state index is 0.265. The lowest BCUT2D eigenvalue weighted by atomic mass is 10.5. The zero-order chi connectivity index (χ0) is 13.8. The van der Waals surface area contributed by atoms with Gasteiger partial charge in [-0.2, -0.15) is 20.1 Å². The molecule has 0 unspecified atom stereocenters. The molecule has 0 aromatic carbocycles. The quantitative estimate of drug-likeness (QED) is 0.477. The Kier molecular flexibility index (Phi) is 3.67. The van der Waals surface area contributed by atoms with Gasteiger partial charge in [-0.15, -0.1) is 0 Å². The highest BCUT2D eigenvalue weighted by atomic mass is 16.5. The third kappa shape index (κ3) is 2.82. The number of hydrogen-bond acceptors (Lipinski definition) is 9. The number of rotatable bonds is 4. The number of hydrazine groups is 2. The van der Waals surface area contributed by atoms with Crippen LogP contribution >= 0.6 is 0 Å². The van der Waals surface area contributed by atoms with Gasteiger partial charge in [0.25, 0.3) is 5.95 Å². The van der Waals surface area contributed by atoms with Crippen LogP contribution in [0.2, 0.25) is 0 Å². The molecule has 1 fully saturated rings. The Bertz CT molecular complexity index is 552. The summed E-state index contributed by atoms with van der Waals surface area (Å²) in [7, 11) is 0. The zero-order valence-corrected chi connectivity index (χ0v) is 10.7. The van der Waals surface area contributed by atoms with E-state index in [-0.39, 0.29) is 5.95 Å². The maximum Gasteiger partial charge on any atom is 0.257 e. The van der Waals surface area contributed by atoms with Crippen molar-refractivity contribution in [2.75, 3.05) is 37.2 Å². The summed E-state index contributed by atoms with van der Waals surface area (Å²) in [4.78, 5) is 12.6. The molecule has 0 atom stereocenters. The van der Waals surface area contributed by atoms with Gasteiger partial charge in [0.1, 0.15) is 0 Å². The molecule has 1 aliphatic heterocycles. The summed E-state index contributed by atoms with van der Waals surface area (Å²) in [6.45, 7) is 2.86. The summed E-state index contributed by atoms with van der Waals surface area (Å²) in [5.41, 5.74) is 5.53. The van der Waals surface area contributed by atoms with Crippen LogP contribution in [-0.4, -0.2) is 56.0 Å². The number of nitrogens with one attached hydrogen (secondary N) is 2. The molecule has 0 aliphatic carbocycles. The molecule has 10 heteroatoms. The Morgan fingerprint density at radius 1 is 1.15 bits per heavy atom. The minimum atomic E-state index is 0.265. The second kappa shape index (κ2) is 5.77. The molecule has 4 N–H and O–H groups in total. The molecule has 3 heterocycles. The Morgan fingerprint density at radius 2 is 1.95 bits per heavy atom. The van der Waals surface area contributed by atoms with Crippen molar-refractivity contribution in [2.24, 2.45) is 5.84 Å². The van der Waals surface area contributed by atoms with Crippen LogP contribution in [0, 0.1) is 0 Å². The molecule has 0 amide bonds. The number of nitrogens with two attached hydrogens (primary N) is 1. The van der Waals surface area contributed by atoms with Gasteiger partial charge in [0.2, 0.25) is 11.9 Å². The van der Waals surface area contributed by atoms with Crippen LogP contribution in [0.25, 0.3) is 5.95 Å². The fourth-order valence-electron chi connectivity index (χ4n) is 1.79. The van der Waals surface area contributed by atoms with Crippen molar-refractivity contribution >= 4 is 11.9 Å². The van der Waals surface area contributed by atoms with E-state index in [1.54, 1.807) is 18.5 Å². The molecule has 0 spiro atoms. The molecule has 1 aliphatic rings. The van der Waals surface area contributed by atoms with E-state index >= 15 is 0 Å². The molecule has 2 aromatic rings. The van der Waals surface area contributed by atoms with Crippen LogP contribution in [0.3, 0.4) is 0 Å². The Labute approximate surface area is 114 Å². The second-order valence-electron chi connectivity index (χ2n) is 4.09. The fraction of sp³-hybridized carbons (Fsp3) is 0.400. The lowest BCUT2D eigenvalue weighted by Crippen LogP contribution is -2.40. The van der Waals surface area contributed by atoms with Crippen molar-refractivity contribution in [3.63, 3.8) is 0 Å². The second-order valence-corrected chi connectivity index (χ2v) is 4.09. The summed E-state index contributed by atoms with van der Waals surface area (Å²) < 4.78 is 6.82. The standard InChI is InChI=1S/C10H15N9O/c11-16-8-13-9(17-18-4-6-20-7-5-18)15-10(14-8)19-3-1-2-12-19/h1-3H,4-7,11H2,(H2,13,14,15,16,17). The van der Waals surface area contributed by atoms with Crippen molar-refractivity contribution in [3.8, 4) is 5.95 Å². The number of anilines is 2. The highest BCUT2D eigenvalue weighted by Gasteiger charge is 2.13. The number of hydrogen-bond donors (Lipinski definition) is 3. The van der Waals surface area contributed by atoms with Crippen LogP contribution < -0.4 is 16.7 Å². The number of ether oxygens (including phenoxy) is 1. The van der Waals surface area contributed by atoms with Crippen molar-refractivity contribution in [3.05, 3.63) is 18.5 Å². The van der Waals surface area contributed by atoms with Gasteiger partial charge in [-0.1, -0.05) is 0 Å². The van der Waals surface area contributed by atoms with E-state index in [0.717, 1.165) is 13.1 Å². The molecule has 10 nitrogen and oxygen atoms in total. The topological polar surface area (TPSA) is 119 Å². The normalized spacial score (nSPS) is 16.1. The lowest BCUT2D eigenvalue weighted by Gasteiger charge is -2.26. The monoisotopic (exact) mass is 277 g/mol. The third-order valence-corrected chi connectivity index (χ3v) is 2.73. The molecular weight excluding hydrogens is 262 g/mol. The van der Waals surface area contributed by atoms with E-state index in [2.05, 4.69) is 30.9 Å². The predicted molar refractivity (Wildman–Crippen MR) is 70.8 cm³/mol. The van der Waals surface area contributed by atoms with Crippen LogP contribution in [0.1, 0.15) is 0 Å². The minimum Gasteiger partial charge on any atom is -0.379 e. The average Bonchev–Trinajstić information content (AvgIpc) is 3.02. The molecule has 0 saturated carbocycles. The van der Waals surface area contributed by atoms with E-state index in [1.165, 1.54) is 4.68 Å². The van der Waals surface area contributed by atoms with E-state index in [9.17, 15) is 0 Å². The first-order valence-corrected chi connectivity index (χ1v) is 6.17. The predicted octanol–water partition coefficient (Wildman–Crippen LogP) is -0.998. The van der Waals surface area contributed by atoms with E-state index in [0.29, 0.717) is 25.1 Å². The zero-order valence-electron chi connectivity index (χ0n) is 10.7. The fourth-order valence-corrected chi connectivity index (χ4v) is 1.79. The first kappa shape index (κ1) is 12.7. The molecule has 2 aromatic heterocycles. The smallest absolute Gasteiger partial charge is 0.257 e. The summed E-state index contributed by atoms with van der Waals surface area (Å²) >= 11 is 0. The number of morpholine rings is 1. The van der Waals surface area contributed by atoms with E-state index < -0.39 is 0 Å². The van der Waals surface area contributed by atoms with Gasteiger partial charge < -0.3 is 4.74 Å². The summed E-state index contributed by atoms with van der Waals surface area (Å²) in [6, 6.07) is 1.79. The van der Waals surface area contributed by atoms with Crippen LogP contribution in [0.5, 0.6) is 0 Å². The molecule has 0 radical (unpaired) electrons. The highest BCUT2D eigenvalue weighted by Crippen LogP contribution is 2.09. The molecule has 0 bridgehead atoms. The summed E-state index contributed by atoms with van der Waals surface area (Å²) in [6.07, 6.45) is 3.39. The average molecular weight is 277 g/mol. The van der Waals surface area contributed by atoms with Crippen LogP contribution in [-0.2, 0) is 4.74 Å². The van der Waals surface area contributed by atoms with Crippen molar-refractivity contribution in [1.29, 1.82) is 0 Å². The molecular formula is C10H15N9O. The molecule has 1 saturated heterocycles. The van der Waals surface area contributed by atoms with E-state index in [1.807, 2.05) is 5.01 Å². The first-order valence-electron chi connectivity index (χ1n) is 6.17. The first-order chi connectivity index (χ1) is 9.85. The van der Waals surface area contributed by atoms with Gasteiger partial charge in [-0.05, 0) is 6.07 Å². The number of nitrogens with zero attached hydrogens (tertiary/aromatic N) is 6. The van der Waals surface area contributed by atoms with Gasteiger partial charge >= 0.3 is 0 Å². The highest BCUT2D eigenvalue weighted by molar-refractivity contribution is 5.36. The SMILES string of the molecule is NNc1nc(NN2CCOCC2)nc(-n2cccn2)n1. The van der Waals surface area contributed by atoms with Gasteiger partial charge in [-0.3, -0.25) is 10.9 Å². The number of nitrogen functional groups attached to an aromatic ring is 1. The third-order valence-electron chi connectivity index (χ3n) is 2.73. The maximum atomic E-state index is 5.38. The largest absolute Gasteiger partial charge is 0.379 e. The van der Waals surface area contributed by atoms with Gasteiger partial charge in [0.05, 0.1) is 13.2 Å².